The van der Waals surface area contributed by atoms with E-state index < -0.39 is 10.0 Å². The number of hydrogen-bond acceptors (Lipinski definition) is 4. The number of nitrogens with zero attached hydrogens (tertiary/aromatic N) is 1. The van der Waals surface area contributed by atoms with Crippen molar-refractivity contribution in [1.82, 2.24) is 15.4 Å². The second kappa shape index (κ2) is 13.3. The first-order valence-corrected chi connectivity index (χ1v) is 9.61. The van der Waals surface area contributed by atoms with Crippen LogP contribution in [0.1, 0.15) is 25.8 Å². The number of hydrogen-bond donors (Lipinski definition) is 3. The molecule has 0 saturated heterocycles. The molecule has 25 heavy (non-hydrogen) atoms. The molecule has 0 aliphatic heterocycles. The van der Waals surface area contributed by atoms with E-state index in [1.165, 1.54) is 7.11 Å². The summed E-state index contributed by atoms with van der Waals surface area (Å²) in [4.78, 5) is 4.71. The first-order valence-electron chi connectivity index (χ1n) is 8.13. The van der Waals surface area contributed by atoms with Crippen molar-refractivity contribution in [2.75, 3.05) is 33.4 Å². The molecule has 0 spiro atoms. The Bertz CT molecular complexity index is 624. The van der Waals surface area contributed by atoms with Crippen LogP contribution in [0.25, 0.3) is 0 Å². The molecule has 0 aliphatic rings. The van der Waals surface area contributed by atoms with Gasteiger partial charge in [-0.3, -0.25) is 0 Å². The maximum atomic E-state index is 12.2. The van der Waals surface area contributed by atoms with Crippen LogP contribution in [0, 0.1) is 0 Å². The molecule has 1 aromatic rings. The second-order valence-corrected chi connectivity index (χ2v) is 6.93. The zero-order valence-electron chi connectivity index (χ0n) is 15.0. The van der Waals surface area contributed by atoms with Crippen molar-refractivity contribution in [3.05, 3.63) is 29.8 Å². The van der Waals surface area contributed by atoms with E-state index in [9.17, 15) is 8.42 Å². The molecule has 0 fully saturated rings. The summed E-state index contributed by atoms with van der Waals surface area (Å²) in [6.45, 7) is 6.67. The number of sulfonamides is 1. The first-order chi connectivity index (χ1) is 11.5. The monoisotopic (exact) mass is 484 g/mol. The van der Waals surface area contributed by atoms with E-state index in [0.717, 1.165) is 31.0 Å². The van der Waals surface area contributed by atoms with Crippen molar-refractivity contribution >= 4 is 40.0 Å². The van der Waals surface area contributed by atoms with Crippen LogP contribution in [0.2, 0.25) is 0 Å². The summed E-state index contributed by atoms with van der Waals surface area (Å²) in [7, 11) is -2.00. The molecule has 3 N–H and O–H groups in total. The van der Waals surface area contributed by atoms with Crippen molar-refractivity contribution < 1.29 is 13.2 Å². The molecule has 144 valence electrons. The van der Waals surface area contributed by atoms with E-state index in [1.807, 2.05) is 13.0 Å². The molecule has 0 heterocycles. The molecule has 0 bridgehead atoms. The Labute approximate surface area is 168 Å². The van der Waals surface area contributed by atoms with Gasteiger partial charge in [-0.2, -0.15) is 0 Å². The van der Waals surface area contributed by atoms with Gasteiger partial charge in [-0.05, 0) is 31.0 Å². The summed E-state index contributed by atoms with van der Waals surface area (Å²) in [5.74, 6) is 0.728. The maximum Gasteiger partial charge on any atom is 0.240 e. The number of benzene rings is 1. The Balaban J connectivity index is 0.00000576. The Morgan fingerprint density at radius 3 is 2.60 bits per heavy atom. The van der Waals surface area contributed by atoms with E-state index in [2.05, 4.69) is 27.3 Å². The Morgan fingerprint density at radius 2 is 1.96 bits per heavy atom. The van der Waals surface area contributed by atoms with Crippen LogP contribution in [-0.4, -0.2) is 47.7 Å². The lowest BCUT2D eigenvalue weighted by molar-refractivity contribution is 0.204. The highest BCUT2D eigenvalue weighted by atomic mass is 127. The van der Waals surface area contributed by atoms with Crippen LogP contribution in [0.5, 0.6) is 0 Å². The summed E-state index contributed by atoms with van der Waals surface area (Å²) in [6.07, 6.45) is 1.01. The van der Waals surface area contributed by atoms with Gasteiger partial charge in [0.05, 0.1) is 18.0 Å². The Kier molecular flexibility index (Phi) is 12.8. The highest BCUT2D eigenvalue weighted by Crippen LogP contribution is 2.12. The van der Waals surface area contributed by atoms with E-state index in [-0.39, 0.29) is 35.4 Å². The molecule has 0 amide bonds. The minimum atomic E-state index is -3.53. The van der Waals surface area contributed by atoms with E-state index in [0.29, 0.717) is 13.2 Å². The van der Waals surface area contributed by atoms with Gasteiger partial charge in [0.25, 0.3) is 0 Å². The molecule has 7 nitrogen and oxygen atoms in total. The number of guanidine groups is 1. The SMILES string of the molecule is CCCNC(=NCc1cccc(S(=O)(=O)NCCOC)c1)NCC.I. The normalized spacial score (nSPS) is 11.7. The third kappa shape index (κ3) is 9.38. The van der Waals surface area contributed by atoms with Crippen LogP contribution in [0.4, 0.5) is 0 Å². The van der Waals surface area contributed by atoms with Gasteiger partial charge in [0.1, 0.15) is 0 Å². The molecule has 0 radical (unpaired) electrons. The van der Waals surface area contributed by atoms with Crippen molar-refractivity contribution in [3.63, 3.8) is 0 Å². The lowest BCUT2D eigenvalue weighted by Gasteiger charge is -2.11. The van der Waals surface area contributed by atoms with Gasteiger partial charge in [0.15, 0.2) is 5.96 Å². The molecular weight excluding hydrogens is 455 g/mol. The fourth-order valence-corrected chi connectivity index (χ4v) is 3.01. The van der Waals surface area contributed by atoms with Crippen molar-refractivity contribution in [1.29, 1.82) is 0 Å². The minimum absolute atomic E-state index is 0. The maximum absolute atomic E-state index is 12.2. The minimum Gasteiger partial charge on any atom is -0.383 e. The van der Waals surface area contributed by atoms with Gasteiger partial charge in [-0.25, -0.2) is 18.1 Å². The van der Waals surface area contributed by atoms with Gasteiger partial charge >= 0.3 is 0 Å². The van der Waals surface area contributed by atoms with Crippen LogP contribution in [0.15, 0.2) is 34.2 Å². The number of aliphatic imine (C=N–C) groups is 1. The zero-order valence-corrected chi connectivity index (χ0v) is 18.2. The largest absolute Gasteiger partial charge is 0.383 e. The number of ether oxygens (including phenoxy) is 1. The molecule has 1 rings (SSSR count). The van der Waals surface area contributed by atoms with E-state index >= 15 is 0 Å². The van der Waals surface area contributed by atoms with Crippen molar-refractivity contribution in [2.24, 2.45) is 4.99 Å². The summed E-state index contributed by atoms with van der Waals surface area (Å²) in [5, 5.41) is 6.38. The van der Waals surface area contributed by atoms with Crippen LogP contribution < -0.4 is 15.4 Å². The molecule has 1 aromatic carbocycles. The predicted octanol–water partition coefficient (Wildman–Crippen LogP) is 1.69. The summed E-state index contributed by atoms with van der Waals surface area (Å²) in [5.41, 5.74) is 0.832. The molecule has 0 unspecified atom stereocenters. The van der Waals surface area contributed by atoms with Crippen molar-refractivity contribution in [2.45, 2.75) is 31.7 Å². The molecule has 0 aliphatic carbocycles. The average molecular weight is 484 g/mol. The predicted molar refractivity (Wildman–Crippen MR) is 112 cm³/mol. The molecule has 9 heteroatoms. The number of methoxy groups -OCH3 is 1. The highest BCUT2D eigenvalue weighted by molar-refractivity contribution is 14.0. The fourth-order valence-electron chi connectivity index (χ4n) is 1.93. The lowest BCUT2D eigenvalue weighted by Crippen LogP contribution is -2.37. The van der Waals surface area contributed by atoms with E-state index in [4.69, 9.17) is 4.74 Å². The third-order valence-corrected chi connectivity index (χ3v) is 4.57. The third-order valence-electron chi connectivity index (χ3n) is 3.11. The van der Waals surface area contributed by atoms with Crippen molar-refractivity contribution in [3.8, 4) is 0 Å². The molecule has 0 saturated carbocycles. The van der Waals surface area contributed by atoms with Gasteiger partial charge in [0.2, 0.25) is 10.0 Å². The van der Waals surface area contributed by atoms with Gasteiger partial charge in [-0.15, -0.1) is 24.0 Å². The smallest absolute Gasteiger partial charge is 0.240 e. The Hall–Kier alpha value is -0.910. The fraction of sp³-hybridized carbons (Fsp3) is 0.562. The van der Waals surface area contributed by atoms with Crippen LogP contribution in [0.3, 0.4) is 0 Å². The number of halogens is 1. The Morgan fingerprint density at radius 1 is 1.20 bits per heavy atom. The van der Waals surface area contributed by atoms with Crippen LogP contribution >= 0.6 is 24.0 Å². The second-order valence-electron chi connectivity index (χ2n) is 5.16. The van der Waals surface area contributed by atoms with Gasteiger partial charge in [-0.1, -0.05) is 19.1 Å². The van der Waals surface area contributed by atoms with Gasteiger partial charge < -0.3 is 15.4 Å². The molecule has 0 atom stereocenters. The molecule has 0 aromatic heterocycles. The topological polar surface area (TPSA) is 91.8 Å². The average Bonchev–Trinajstić information content (AvgIpc) is 2.58. The number of rotatable bonds is 10. The number of nitrogens with one attached hydrogen (secondary N) is 3. The summed E-state index contributed by atoms with van der Waals surface area (Å²) < 4.78 is 31.8. The first kappa shape index (κ1) is 24.1. The summed E-state index contributed by atoms with van der Waals surface area (Å²) >= 11 is 0. The van der Waals surface area contributed by atoms with Crippen LogP contribution in [-0.2, 0) is 21.3 Å². The van der Waals surface area contributed by atoms with E-state index in [1.54, 1.807) is 18.2 Å². The zero-order chi connectivity index (χ0) is 17.8. The molecular formula is C16H29IN4O3S. The highest BCUT2D eigenvalue weighted by Gasteiger charge is 2.13. The quantitative estimate of drug-likeness (QED) is 0.204. The van der Waals surface area contributed by atoms with Gasteiger partial charge in [0, 0.05) is 26.7 Å². The lowest BCUT2D eigenvalue weighted by atomic mass is 10.2. The standard InChI is InChI=1S/C16H28N4O3S.HI/c1-4-9-18-16(17-5-2)19-13-14-7-6-8-15(12-14)24(21,22)20-10-11-23-3;/h6-8,12,20H,4-5,9-11,13H2,1-3H3,(H2,17,18,19);1H. The summed E-state index contributed by atoms with van der Waals surface area (Å²) in [6, 6.07) is 6.80.